The van der Waals surface area contributed by atoms with Gasteiger partial charge in [0.05, 0.1) is 10.7 Å². The van der Waals surface area contributed by atoms with Crippen molar-refractivity contribution in [1.29, 1.82) is 0 Å². The summed E-state index contributed by atoms with van der Waals surface area (Å²) in [5.74, 6) is 2.00. The molecular formula is C17H24O2S2. The van der Waals surface area contributed by atoms with Crippen molar-refractivity contribution in [3.63, 3.8) is 0 Å². The minimum absolute atomic E-state index is 0.122. The molecular weight excluding hydrogens is 300 g/mol. The smallest absolute Gasteiger partial charge is 0.124 e. The van der Waals surface area contributed by atoms with E-state index < -0.39 is 0 Å². The number of benzene rings is 1. The van der Waals surface area contributed by atoms with Crippen LogP contribution >= 0.6 is 23.5 Å². The van der Waals surface area contributed by atoms with Crippen LogP contribution in [0.3, 0.4) is 0 Å². The van der Waals surface area contributed by atoms with Crippen LogP contribution in [0, 0.1) is 5.92 Å². The number of hydrogen-bond donors (Lipinski definition) is 1. The first kappa shape index (κ1) is 15.6. The molecule has 0 radical (unpaired) electrons. The van der Waals surface area contributed by atoms with Gasteiger partial charge in [-0.05, 0) is 54.9 Å². The molecule has 3 rings (SSSR count). The molecule has 1 aliphatic heterocycles. The Morgan fingerprint density at radius 1 is 1.29 bits per heavy atom. The number of ether oxygens (including phenoxy) is 1. The van der Waals surface area contributed by atoms with E-state index in [1.165, 1.54) is 24.0 Å². The lowest BCUT2D eigenvalue weighted by Crippen LogP contribution is -2.26. The molecule has 0 spiro atoms. The van der Waals surface area contributed by atoms with Gasteiger partial charge in [0.15, 0.2) is 0 Å². The molecule has 0 aromatic heterocycles. The SMILES string of the molecule is CSC1(SC)CCOc2ccc(C3CCCC3CO)cc21. The summed E-state index contributed by atoms with van der Waals surface area (Å²) in [5, 5.41) is 9.60. The summed E-state index contributed by atoms with van der Waals surface area (Å²) in [6.45, 7) is 1.12. The van der Waals surface area contributed by atoms with Crippen molar-refractivity contribution in [2.45, 2.75) is 35.7 Å². The number of thioether (sulfide) groups is 2. The van der Waals surface area contributed by atoms with Crippen LogP contribution in [0.4, 0.5) is 0 Å². The summed E-state index contributed by atoms with van der Waals surface area (Å²) < 4.78 is 6.00. The maximum Gasteiger partial charge on any atom is 0.124 e. The first-order valence-electron chi connectivity index (χ1n) is 7.72. The number of fused-ring (bicyclic) bond motifs is 1. The van der Waals surface area contributed by atoms with Crippen molar-refractivity contribution in [3.8, 4) is 5.75 Å². The van der Waals surface area contributed by atoms with Crippen LogP contribution in [0.1, 0.15) is 42.7 Å². The molecule has 1 aromatic rings. The number of aliphatic hydroxyl groups excluding tert-OH is 1. The summed E-state index contributed by atoms with van der Waals surface area (Å²) in [4.78, 5) is 0. The molecule has 2 aliphatic rings. The molecule has 2 unspecified atom stereocenters. The Hall–Kier alpha value is -0.320. The standard InChI is InChI=1S/C17H24O2S2/c1-20-17(21-2)8-9-19-16-7-6-12(10-15(16)17)14-5-3-4-13(14)11-18/h6-7,10,13-14,18H,3-5,8-9,11H2,1-2H3. The van der Waals surface area contributed by atoms with Gasteiger partial charge in [-0.1, -0.05) is 12.5 Å². The number of rotatable bonds is 4. The van der Waals surface area contributed by atoms with Crippen molar-refractivity contribution in [3.05, 3.63) is 29.3 Å². The third-order valence-corrected chi connectivity index (χ3v) is 8.25. The Bertz CT molecular complexity index is 500. The van der Waals surface area contributed by atoms with E-state index in [9.17, 15) is 5.11 Å². The van der Waals surface area contributed by atoms with Gasteiger partial charge in [0.2, 0.25) is 0 Å². The van der Waals surface area contributed by atoms with Crippen molar-refractivity contribution in [2.75, 3.05) is 25.7 Å². The van der Waals surface area contributed by atoms with Gasteiger partial charge in [-0.15, -0.1) is 23.5 Å². The Morgan fingerprint density at radius 3 is 2.81 bits per heavy atom. The second-order valence-electron chi connectivity index (χ2n) is 6.00. The Morgan fingerprint density at radius 2 is 2.10 bits per heavy atom. The van der Waals surface area contributed by atoms with Gasteiger partial charge in [-0.25, -0.2) is 0 Å². The largest absolute Gasteiger partial charge is 0.493 e. The molecule has 0 bridgehead atoms. The second kappa shape index (κ2) is 6.43. The summed E-state index contributed by atoms with van der Waals surface area (Å²) in [5.41, 5.74) is 2.73. The van der Waals surface area contributed by atoms with Crippen LogP contribution in [0.5, 0.6) is 5.75 Å². The van der Waals surface area contributed by atoms with Crippen molar-refractivity contribution in [2.24, 2.45) is 5.92 Å². The van der Waals surface area contributed by atoms with Crippen molar-refractivity contribution in [1.82, 2.24) is 0 Å². The quantitative estimate of drug-likeness (QED) is 0.840. The maximum atomic E-state index is 9.60. The minimum atomic E-state index is 0.122. The van der Waals surface area contributed by atoms with Gasteiger partial charge in [0.25, 0.3) is 0 Å². The normalized spacial score (nSPS) is 27.2. The lowest BCUT2D eigenvalue weighted by atomic mass is 9.87. The highest BCUT2D eigenvalue weighted by Gasteiger charge is 2.38. The third kappa shape index (κ3) is 2.71. The monoisotopic (exact) mass is 324 g/mol. The fourth-order valence-electron chi connectivity index (χ4n) is 3.83. The van der Waals surface area contributed by atoms with Gasteiger partial charge in [0, 0.05) is 18.6 Å². The predicted molar refractivity (Wildman–Crippen MR) is 92.4 cm³/mol. The van der Waals surface area contributed by atoms with Crippen LogP contribution in [0.2, 0.25) is 0 Å². The van der Waals surface area contributed by atoms with Crippen molar-refractivity contribution >= 4 is 23.5 Å². The molecule has 1 N–H and O–H groups in total. The van der Waals surface area contributed by atoms with Crippen LogP contribution in [-0.4, -0.2) is 30.8 Å². The van der Waals surface area contributed by atoms with E-state index in [0.29, 0.717) is 18.4 Å². The molecule has 1 aliphatic carbocycles. The minimum Gasteiger partial charge on any atom is -0.493 e. The predicted octanol–water partition coefficient (Wildman–Crippen LogP) is 4.22. The van der Waals surface area contributed by atoms with E-state index in [-0.39, 0.29) is 4.08 Å². The van der Waals surface area contributed by atoms with E-state index in [4.69, 9.17) is 4.74 Å². The average molecular weight is 325 g/mol. The number of hydrogen-bond acceptors (Lipinski definition) is 4. The zero-order chi connectivity index (χ0) is 14.9. The lowest BCUT2D eigenvalue weighted by molar-refractivity contribution is 0.217. The van der Waals surface area contributed by atoms with Gasteiger partial charge in [-0.3, -0.25) is 0 Å². The highest BCUT2D eigenvalue weighted by molar-refractivity contribution is 8.16. The molecule has 0 amide bonds. The Labute approximate surface area is 136 Å². The van der Waals surface area contributed by atoms with Crippen LogP contribution in [-0.2, 0) is 4.08 Å². The Kier molecular flexibility index (Phi) is 4.77. The molecule has 116 valence electrons. The number of aliphatic hydroxyl groups is 1. The molecule has 2 atom stereocenters. The zero-order valence-corrected chi connectivity index (χ0v) is 14.4. The Balaban J connectivity index is 1.99. The molecule has 1 saturated carbocycles. The molecule has 0 saturated heterocycles. The van der Waals surface area contributed by atoms with Crippen LogP contribution in [0.15, 0.2) is 18.2 Å². The fourth-order valence-corrected chi connectivity index (χ4v) is 5.83. The topological polar surface area (TPSA) is 29.5 Å². The molecule has 4 heteroatoms. The van der Waals surface area contributed by atoms with Crippen LogP contribution in [0.25, 0.3) is 0 Å². The maximum absolute atomic E-state index is 9.60. The first-order chi connectivity index (χ1) is 10.2. The van der Waals surface area contributed by atoms with Gasteiger partial charge < -0.3 is 9.84 Å². The first-order valence-corrected chi connectivity index (χ1v) is 10.2. The van der Waals surface area contributed by atoms with E-state index >= 15 is 0 Å². The second-order valence-corrected chi connectivity index (χ2v) is 8.46. The summed E-state index contributed by atoms with van der Waals surface area (Å²) >= 11 is 3.85. The van der Waals surface area contributed by atoms with Crippen molar-refractivity contribution < 1.29 is 9.84 Å². The summed E-state index contributed by atoms with van der Waals surface area (Å²) in [7, 11) is 0. The van der Waals surface area contributed by atoms with Gasteiger partial charge in [0.1, 0.15) is 5.75 Å². The van der Waals surface area contributed by atoms with E-state index in [1.54, 1.807) is 0 Å². The van der Waals surface area contributed by atoms with Crippen LogP contribution < -0.4 is 4.74 Å². The van der Waals surface area contributed by atoms with E-state index in [2.05, 4.69) is 30.7 Å². The zero-order valence-electron chi connectivity index (χ0n) is 12.8. The summed E-state index contributed by atoms with van der Waals surface area (Å²) in [6, 6.07) is 6.73. The molecule has 1 aromatic carbocycles. The highest BCUT2D eigenvalue weighted by Crippen LogP contribution is 2.53. The van der Waals surface area contributed by atoms with E-state index in [0.717, 1.165) is 25.2 Å². The summed E-state index contributed by atoms with van der Waals surface area (Å²) in [6.07, 6.45) is 9.05. The highest BCUT2D eigenvalue weighted by atomic mass is 32.2. The molecule has 1 fully saturated rings. The fraction of sp³-hybridized carbons (Fsp3) is 0.647. The molecule has 2 nitrogen and oxygen atoms in total. The van der Waals surface area contributed by atoms with E-state index in [1.807, 2.05) is 23.5 Å². The molecule has 21 heavy (non-hydrogen) atoms. The molecule has 1 heterocycles. The third-order valence-electron chi connectivity index (χ3n) is 5.08. The lowest BCUT2D eigenvalue weighted by Gasteiger charge is -2.37. The van der Waals surface area contributed by atoms with Gasteiger partial charge in [-0.2, -0.15) is 0 Å². The van der Waals surface area contributed by atoms with Gasteiger partial charge >= 0.3 is 0 Å². The average Bonchev–Trinajstić information content (AvgIpc) is 3.02.